The molecule has 2 aliphatic rings. The first-order chi connectivity index (χ1) is 19.8. The second kappa shape index (κ2) is 13.5. The van der Waals surface area contributed by atoms with Gasteiger partial charge >= 0.3 is 0 Å². The molecular formula is C33H40ClN3O3S. The number of rotatable bonds is 9. The Morgan fingerprint density at radius 1 is 0.902 bits per heavy atom. The van der Waals surface area contributed by atoms with Crippen LogP contribution in [0.2, 0.25) is 5.02 Å². The van der Waals surface area contributed by atoms with Crippen LogP contribution in [-0.2, 0) is 14.8 Å². The number of likely N-dealkylation sites (tertiary alicyclic amines) is 1. The Balaban J connectivity index is 1.33. The summed E-state index contributed by atoms with van der Waals surface area (Å²) in [6.45, 7) is 5.61. The number of hydrogen-bond donors (Lipinski definition) is 1. The van der Waals surface area contributed by atoms with Crippen molar-refractivity contribution in [2.75, 3.05) is 39.3 Å². The van der Waals surface area contributed by atoms with Gasteiger partial charge < -0.3 is 10.2 Å². The third-order valence-electron chi connectivity index (χ3n) is 8.78. The Kier molecular flexibility index (Phi) is 9.81. The molecule has 1 amide bonds. The van der Waals surface area contributed by atoms with Crippen LogP contribution in [0.3, 0.4) is 0 Å². The van der Waals surface area contributed by atoms with Crippen molar-refractivity contribution in [3.63, 3.8) is 0 Å². The molecule has 0 aliphatic carbocycles. The summed E-state index contributed by atoms with van der Waals surface area (Å²) in [5, 5.41) is 4.05. The molecule has 0 saturated carbocycles. The minimum absolute atomic E-state index is 0.0770. The maximum atomic E-state index is 14.0. The van der Waals surface area contributed by atoms with Gasteiger partial charge in [0.15, 0.2) is 0 Å². The number of nitrogens with zero attached hydrogens (tertiary/aromatic N) is 2. The Morgan fingerprint density at radius 2 is 1.51 bits per heavy atom. The lowest BCUT2D eigenvalue weighted by Gasteiger charge is -2.38. The topological polar surface area (TPSA) is 69.7 Å². The number of benzene rings is 3. The molecule has 5 rings (SSSR count). The van der Waals surface area contributed by atoms with Crippen LogP contribution >= 0.6 is 11.6 Å². The number of halogens is 1. The van der Waals surface area contributed by atoms with E-state index in [4.69, 9.17) is 11.6 Å². The number of carbonyl (C=O) groups excluding carboxylic acids is 1. The lowest BCUT2D eigenvalue weighted by Crippen LogP contribution is -2.47. The Morgan fingerprint density at radius 3 is 2.17 bits per heavy atom. The van der Waals surface area contributed by atoms with E-state index in [0.717, 1.165) is 48.5 Å². The molecule has 0 radical (unpaired) electrons. The zero-order chi connectivity index (χ0) is 28.8. The fraction of sp³-hybridized carbons (Fsp3) is 0.424. The monoisotopic (exact) mass is 593 g/mol. The van der Waals surface area contributed by atoms with Gasteiger partial charge in [0.2, 0.25) is 15.9 Å². The lowest BCUT2D eigenvalue weighted by atomic mass is 9.79. The van der Waals surface area contributed by atoms with Gasteiger partial charge in [0.05, 0.1) is 11.4 Å². The van der Waals surface area contributed by atoms with E-state index in [2.05, 4.69) is 5.32 Å². The van der Waals surface area contributed by atoms with Crippen molar-refractivity contribution in [2.45, 2.75) is 43.4 Å². The molecule has 1 unspecified atom stereocenters. The van der Waals surface area contributed by atoms with Gasteiger partial charge in [0.25, 0.3) is 0 Å². The number of amides is 1. The standard InChI is InChI=1S/C33H40ClN3O3S/c1-25(26-7-3-2-4-8-26)23-37(24-33(38)36-21-17-28(18-22-36)27-15-19-35-20-16-27)41(39,40)30-13-11-29(12-14-30)31-9-5-6-10-32(31)34/h2-14,25,27-28,35H,15-24H2,1H3. The quantitative estimate of drug-likeness (QED) is 0.328. The highest BCUT2D eigenvalue weighted by atomic mass is 35.5. The molecule has 1 N–H and O–H groups in total. The normalized spacial score (nSPS) is 18.0. The highest BCUT2D eigenvalue weighted by molar-refractivity contribution is 7.89. The second-order valence-corrected chi connectivity index (χ2v) is 13.8. The largest absolute Gasteiger partial charge is 0.342 e. The van der Waals surface area contributed by atoms with Crippen LogP contribution in [0.5, 0.6) is 0 Å². The number of sulfonamides is 1. The van der Waals surface area contributed by atoms with Crippen LogP contribution < -0.4 is 5.32 Å². The van der Waals surface area contributed by atoms with Gasteiger partial charge in [-0.25, -0.2) is 8.42 Å². The fourth-order valence-electron chi connectivity index (χ4n) is 6.28. The Bertz CT molecular complexity index is 1400. The molecule has 2 saturated heterocycles. The van der Waals surface area contributed by atoms with Crippen molar-refractivity contribution in [3.05, 3.63) is 89.4 Å². The second-order valence-electron chi connectivity index (χ2n) is 11.4. The van der Waals surface area contributed by atoms with Gasteiger partial charge in [-0.1, -0.05) is 79.2 Å². The highest BCUT2D eigenvalue weighted by Gasteiger charge is 2.33. The molecule has 8 heteroatoms. The summed E-state index contributed by atoms with van der Waals surface area (Å²) in [6, 6.07) is 24.1. The summed E-state index contributed by atoms with van der Waals surface area (Å²) in [4.78, 5) is 15.6. The zero-order valence-corrected chi connectivity index (χ0v) is 25.3. The van der Waals surface area contributed by atoms with Crippen molar-refractivity contribution in [1.82, 2.24) is 14.5 Å². The molecule has 0 bridgehead atoms. The third kappa shape index (κ3) is 7.20. The van der Waals surface area contributed by atoms with Crippen LogP contribution in [0.1, 0.15) is 44.1 Å². The molecule has 3 aromatic carbocycles. The lowest BCUT2D eigenvalue weighted by molar-refractivity contribution is -0.133. The Hall–Kier alpha value is -2.71. The predicted molar refractivity (Wildman–Crippen MR) is 165 cm³/mol. The average Bonchev–Trinajstić information content (AvgIpc) is 3.02. The van der Waals surface area contributed by atoms with Gasteiger partial charge in [-0.2, -0.15) is 4.31 Å². The zero-order valence-electron chi connectivity index (χ0n) is 23.7. The van der Waals surface area contributed by atoms with Crippen molar-refractivity contribution in [1.29, 1.82) is 0 Å². The number of nitrogens with one attached hydrogen (secondary N) is 1. The fourth-order valence-corrected chi connectivity index (χ4v) is 8.00. The minimum atomic E-state index is -3.93. The molecule has 218 valence electrons. The van der Waals surface area contributed by atoms with E-state index in [1.54, 1.807) is 24.3 Å². The average molecular weight is 594 g/mol. The van der Waals surface area contributed by atoms with Crippen molar-refractivity contribution >= 4 is 27.5 Å². The van der Waals surface area contributed by atoms with E-state index in [1.165, 1.54) is 17.1 Å². The molecular weight excluding hydrogens is 554 g/mol. The third-order valence-corrected chi connectivity index (χ3v) is 10.9. The van der Waals surface area contributed by atoms with Crippen molar-refractivity contribution in [2.24, 2.45) is 11.8 Å². The Labute approximate surface area is 249 Å². The minimum Gasteiger partial charge on any atom is -0.342 e. The van der Waals surface area contributed by atoms with Crippen LogP contribution in [0.25, 0.3) is 11.1 Å². The molecule has 3 aromatic rings. The molecule has 0 aromatic heterocycles. The molecule has 6 nitrogen and oxygen atoms in total. The van der Waals surface area contributed by atoms with E-state index >= 15 is 0 Å². The molecule has 2 aliphatic heterocycles. The summed E-state index contributed by atoms with van der Waals surface area (Å²) >= 11 is 6.37. The molecule has 0 spiro atoms. The van der Waals surface area contributed by atoms with E-state index in [9.17, 15) is 13.2 Å². The summed E-state index contributed by atoms with van der Waals surface area (Å²) in [6.07, 6.45) is 4.40. The highest BCUT2D eigenvalue weighted by Crippen LogP contribution is 2.32. The number of carbonyl (C=O) groups is 1. The molecule has 2 heterocycles. The maximum Gasteiger partial charge on any atom is 0.243 e. The van der Waals surface area contributed by atoms with E-state index < -0.39 is 10.0 Å². The first-order valence-electron chi connectivity index (χ1n) is 14.7. The molecule has 41 heavy (non-hydrogen) atoms. The van der Waals surface area contributed by atoms with E-state index in [0.29, 0.717) is 24.0 Å². The number of piperidine rings is 2. The number of hydrogen-bond acceptors (Lipinski definition) is 4. The summed E-state index contributed by atoms with van der Waals surface area (Å²) in [5.74, 6) is 1.18. The van der Waals surface area contributed by atoms with E-state index in [1.807, 2.05) is 66.4 Å². The first kappa shape index (κ1) is 29.8. The smallest absolute Gasteiger partial charge is 0.243 e. The SMILES string of the molecule is CC(CN(CC(=O)N1CCC(C2CCNCC2)CC1)S(=O)(=O)c1ccc(-c2ccccc2Cl)cc1)c1ccccc1. The summed E-state index contributed by atoms with van der Waals surface area (Å²) in [5.41, 5.74) is 2.72. The van der Waals surface area contributed by atoms with Gasteiger partial charge in [-0.05, 0) is 85.9 Å². The van der Waals surface area contributed by atoms with Crippen LogP contribution in [-0.4, -0.2) is 62.8 Å². The van der Waals surface area contributed by atoms with Gasteiger partial charge in [0.1, 0.15) is 0 Å². The van der Waals surface area contributed by atoms with E-state index in [-0.39, 0.29) is 29.8 Å². The van der Waals surface area contributed by atoms with Crippen LogP contribution in [0, 0.1) is 11.8 Å². The van der Waals surface area contributed by atoms with Crippen LogP contribution in [0.4, 0.5) is 0 Å². The van der Waals surface area contributed by atoms with Gasteiger partial charge in [0, 0.05) is 30.2 Å². The molecule has 1 atom stereocenters. The van der Waals surface area contributed by atoms with Crippen molar-refractivity contribution < 1.29 is 13.2 Å². The van der Waals surface area contributed by atoms with Gasteiger partial charge in [-0.3, -0.25) is 4.79 Å². The first-order valence-corrected chi connectivity index (χ1v) is 16.5. The van der Waals surface area contributed by atoms with Crippen LogP contribution in [0.15, 0.2) is 83.8 Å². The molecule has 2 fully saturated rings. The van der Waals surface area contributed by atoms with Crippen molar-refractivity contribution in [3.8, 4) is 11.1 Å². The predicted octanol–water partition coefficient (Wildman–Crippen LogP) is 6.04. The van der Waals surface area contributed by atoms with Gasteiger partial charge in [-0.15, -0.1) is 0 Å². The summed E-state index contributed by atoms with van der Waals surface area (Å²) in [7, 11) is -3.93. The maximum absolute atomic E-state index is 14.0. The summed E-state index contributed by atoms with van der Waals surface area (Å²) < 4.78 is 29.4.